The Morgan fingerprint density at radius 2 is 1.62 bits per heavy atom. The lowest BCUT2D eigenvalue weighted by Gasteiger charge is -2.12. The van der Waals surface area contributed by atoms with E-state index in [0.29, 0.717) is 11.5 Å². The van der Waals surface area contributed by atoms with Crippen LogP contribution >= 0.6 is 0 Å². The number of amides is 1. The van der Waals surface area contributed by atoms with E-state index in [4.69, 9.17) is 0 Å². The Morgan fingerprint density at radius 1 is 1.04 bits per heavy atom. The SMILES string of the molecule is CC(C)Cc1ccc(CC(=O)NCC(O)c2ccc(F)cc2)cc1. The number of hydrogen-bond donors (Lipinski definition) is 2. The second kappa shape index (κ2) is 8.60. The number of aliphatic hydroxyl groups is 1. The number of aliphatic hydroxyl groups excluding tert-OH is 1. The van der Waals surface area contributed by atoms with Crippen molar-refractivity contribution in [1.82, 2.24) is 5.32 Å². The smallest absolute Gasteiger partial charge is 0.224 e. The molecule has 1 atom stereocenters. The molecule has 0 bridgehead atoms. The number of carbonyl (C=O) groups is 1. The van der Waals surface area contributed by atoms with Crippen molar-refractivity contribution in [3.05, 3.63) is 71.0 Å². The molecule has 0 aliphatic carbocycles. The fourth-order valence-corrected chi connectivity index (χ4v) is 2.53. The van der Waals surface area contributed by atoms with Crippen molar-refractivity contribution in [2.75, 3.05) is 6.54 Å². The summed E-state index contributed by atoms with van der Waals surface area (Å²) in [6.45, 7) is 4.46. The molecule has 0 saturated heterocycles. The van der Waals surface area contributed by atoms with Gasteiger partial charge in [-0.15, -0.1) is 0 Å². The zero-order valence-electron chi connectivity index (χ0n) is 14.1. The monoisotopic (exact) mass is 329 g/mol. The molecule has 0 fully saturated rings. The Labute approximate surface area is 142 Å². The minimum atomic E-state index is -0.844. The average Bonchev–Trinajstić information content (AvgIpc) is 2.54. The van der Waals surface area contributed by atoms with E-state index in [1.54, 1.807) is 0 Å². The number of nitrogens with one attached hydrogen (secondary N) is 1. The molecule has 128 valence electrons. The van der Waals surface area contributed by atoms with Gasteiger partial charge in [0.25, 0.3) is 0 Å². The molecule has 4 heteroatoms. The van der Waals surface area contributed by atoms with Crippen LogP contribution in [0, 0.1) is 11.7 Å². The molecule has 0 aliphatic rings. The molecule has 2 aromatic rings. The molecular weight excluding hydrogens is 305 g/mol. The van der Waals surface area contributed by atoms with E-state index in [1.165, 1.54) is 29.8 Å². The second-order valence-electron chi connectivity index (χ2n) is 6.46. The lowest BCUT2D eigenvalue weighted by molar-refractivity contribution is -0.120. The molecule has 1 unspecified atom stereocenters. The van der Waals surface area contributed by atoms with Gasteiger partial charge in [-0.25, -0.2) is 4.39 Å². The van der Waals surface area contributed by atoms with Crippen LogP contribution in [0.4, 0.5) is 4.39 Å². The van der Waals surface area contributed by atoms with Gasteiger partial charge in [-0.3, -0.25) is 4.79 Å². The lowest BCUT2D eigenvalue weighted by Crippen LogP contribution is -2.29. The summed E-state index contributed by atoms with van der Waals surface area (Å²) in [4.78, 5) is 12.0. The molecule has 24 heavy (non-hydrogen) atoms. The Balaban J connectivity index is 1.81. The molecule has 0 aromatic heterocycles. The Bertz CT molecular complexity index is 650. The van der Waals surface area contributed by atoms with Crippen molar-refractivity contribution in [2.45, 2.75) is 32.8 Å². The molecule has 2 N–H and O–H groups in total. The standard InChI is InChI=1S/C20H24FNO2/c1-14(2)11-15-3-5-16(6-4-15)12-20(24)22-13-19(23)17-7-9-18(21)10-8-17/h3-10,14,19,23H,11-13H2,1-2H3,(H,22,24). The van der Waals surface area contributed by atoms with Gasteiger partial charge in [-0.2, -0.15) is 0 Å². The van der Waals surface area contributed by atoms with E-state index in [1.807, 2.05) is 12.1 Å². The summed E-state index contributed by atoms with van der Waals surface area (Å²) in [5, 5.41) is 12.7. The van der Waals surface area contributed by atoms with E-state index in [-0.39, 0.29) is 24.7 Å². The van der Waals surface area contributed by atoms with Gasteiger partial charge in [0.05, 0.1) is 12.5 Å². The predicted molar refractivity (Wildman–Crippen MR) is 93.1 cm³/mol. The molecule has 0 spiro atoms. The van der Waals surface area contributed by atoms with Gasteiger partial charge >= 0.3 is 0 Å². The summed E-state index contributed by atoms with van der Waals surface area (Å²) in [6.07, 6.45) is 0.456. The van der Waals surface area contributed by atoms with Crippen molar-refractivity contribution in [3.63, 3.8) is 0 Å². The maximum absolute atomic E-state index is 12.9. The van der Waals surface area contributed by atoms with Crippen molar-refractivity contribution in [2.24, 2.45) is 5.92 Å². The maximum Gasteiger partial charge on any atom is 0.224 e. The number of hydrogen-bond acceptors (Lipinski definition) is 2. The molecule has 0 aliphatic heterocycles. The average molecular weight is 329 g/mol. The molecule has 2 aromatic carbocycles. The van der Waals surface area contributed by atoms with E-state index in [9.17, 15) is 14.3 Å². The molecule has 2 rings (SSSR count). The summed E-state index contributed by atoms with van der Waals surface area (Å²) in [7, 11) is 0. The van der Waals surface area contributed by atoms with E-state index in [2.05, 4.69) is 31.3 Å². The Kier molecular flexibility index (Phi) is 6.50. The molecule has 0 radical (unpaired) electrons. The third-order valence-corrected chi connectivity index (χ3v) is 3.78. The minimum absolute atomic E-state index is 0.107. The summed E-state index contributed by atoms with van der Waals surface area (Å²) >= 11 is 0. The highest BCUT2D eigenvalue weighted by Gasteiger charge is 2.10. The number of carbonyl (C=O) groups excluding carboxylic acids is 1. The highest BCUT2D eigenvalue weighted by molar-refractivity contribution is 5.78. The van der Waals surface area contributed by atoms with E-state index >= 15 is 0 Å². The zero-order chi connectivity index (χ0) is 17.5. The number of rotatable bonds is 7. The largest absolute Gasteiger partial charge is 0.387 e. The number of halogens is 1. The van der Waals surface area contributed by atoms with Crippen molar-refractivity contribution in [3.8, 4) is 0 Å². The first-order valence-electron chi connectivity index (χ1n) is 8.22. The lowest BCUT2D eigenvalue weighted by atomic mass is 10.0. The topological polar surface area (TPSA) is 49.3 Å². The summed E-state index contributed by atoms with van der Waals surface area (Å²) in [6, 6.07) is 13.6. The van der Waals surface area contributed by atoms with Crippen LogP contribution in [0.15, 0.2) is 48.5 Å². The van der Waals surface area contributed by atoms with Gasteiger partial charge in [0, 0.05) is 6.54 Å². The summed E-state index contributed by atoms with van der Waals surface area (Å²) in [5.41, 5.74) is 2.78. The first-order valence-corrected chi connectivity index (χ1v) is 8.22. The maximum atomic E-state index is 12.9. The molecule has 1 amide bonds. The van der Waals surface area contributed by atoms with Crippen molar-refractivity contribution < 1.29 is 14.3 Å². The van der Waals surface area contributed by atoms with Crippen LogP contribution < -0.4 is 5.32 Å². The van der Waals surface area contributed by atoms with Crippen LogP contribution in [0.3, 0.4) is 0 Å². The third-order valence-electron chi connectivity index (χ3n) is 3.78. The van der Waals surface area contributed by atoms with Crippen LogP contribution in [-0.2, 0) is 17.6 Å². The van der Waals surface area contributed by atoms with Crippen LogP contribution in [0.25, 0.3) is 0 Å². The Hall–Kier alpha value is -2.20. The second-order valence-corrected chi connectivity index (χ2v) is 6.46. The van der Waals surface area contributed by atoms with Gasteiger partial charge in [-0.1, -0.05) is 50.2 Å². The predicted octanol–water partition coefficient (Wildman–Crippen LogP) is 3.42. The zero-order valence-corrected chi connectivity index (χ0v) is 14.1. The number of benzene rings is 2. The first kappa shape index (κ1) is 18.1. The van der Waals surface area contributed by atoms with E-state index < -0.39 is 6.10 Å². The normalized spacial score (nSPS) is 12.2. The van der Waals surface area contributed by atoms with Gasteiger partial charge in [-0.05, 0) is 41.2 Å². The fourth-order valence-electron chi connectivity index (χ4n) is 2.53. The minimum Gasteiger partial charge on any atom is -0.387 e. The van der Waals surface area contributed by atoms with Gasteiger partial charge < -0.3 is 10.4 Å². The Morgan fingerprint density at radius 3 is 2.21 bits per heavy atom. The highest BCUT2D eigenvalue weighted by atomic mass is 19.1. The highest BCUT2D eigenvalue weighted by Crippen LogP contribution is 2.13. The van der Waals surface area contributed by atoms with E-state index in [0.717, 1.165) is 12.0 Å². The van der Waals surface area contributed by atoms with Gasteiger partial charge in [0.2, 0.25) is 5.91 Å². The summed E-state index contributed by atoms with van der Waals surface area (Å²) in [5.74, 6) is 0.107. The van der Waals surface area contributed by atoms with Crippen LogP contribution in [0.2, 0.25) is 0 Å². The first-order chi connectivity index (χ1) is 11.4. The molecular formula is C20H24FNO2. The van der Waals surface area contributed by atoms with Crippen LogP contribution in [0.5, 0.6) is 0 Å². The van der Waals surface area contributed by atoms with Gasteiger partial charge in [0.15, 0.2) is 0 Å². The molecule has 3 nitrogen and oxygen atoms in total. The van der Waals surface area contributed by atoms with Crippen LogP contribution in [-0.4, -0.2) is 17.6 Å². The van der Waals surface area contributed by atoms with Crippen molar-refractivity contribution in [1.29, 1.82) is 0 Å². The fraction of sp³-hybridized carbons (Fsp3) is 0.350. The van der Waals surface area contributed by atoms with Gasteiger partial charge in [0.1, 0.15) is 5.82 Å². The van der Waals surface area contributed by atoms with Crippen molar-refractivity contribution >= 4 is 5.91 Å². The quantitative estimate of drug-likeness (QED) is 0.818. The molecule has 0 heterocycles. The van der Waals surface area contributed by atoms with Crippen LogP contribution in [0.1, 0.15) is 36.6 Å². The summed E-state index contributed by atoms with van der Waals surface area (Å²) < 4.78 is 12.9. The molecule has 0 saturated carbocycles. The third kappa shape index (κ3) is 5.78.